The lowest BCUT2D eigenvalue weighted by molar-refractivity contribution is -0.136. The SMILES string of the molecule is CCc1ccc(NC(=O)C(=O)NCC(C)O)cc1. The number of rotatable bonds is 4. The molecule has 1 rings (SSSR count). The molecule has 0 radical (unpaired) electrons. The van der Waals surface area contributed by atoms with Gasteiger partial charge in [0.25, 0.3) is 0 Å². The zero-order chi connectivity index (χ0) is 13.5. The maximum Gasteiger partial charge on any atom is 0.313 e. The van der Waals surface area contributed by atoms with Gasteiger partial charge in [0.1, 0.15) is 0 Å². The van der Waals surface area contributed by atoms with Gasteiger partial charge in [-0.15, -0.1) is 0 Å². The second-order valence-electron chi connectivity index (χ2n) is 4.06. The summed E-state index contributed by atoms with van der Waals surface area (Å²) in [7, 11) is 0. The summed E-state index contributed by atoms with van der Waals surface area (Å²) in [6.07, 6.45) is 0.244. The maximum absolute atomic E-state index is 11.5. The van der Waals surface area contributed by atoms with Crippen LogP contribution in [-0.2, 0) is 16.0 Å². The van der Waals surface area contributed by atoms with Gasteiger partial charge in [-0.1, -0.05) is 19.1 Å². The summed E-state index contributed by atoms with van der Waals surface area (Å²) >= 11 is 0. The van der Waals surface area contributed by atoms with Crippen LogP contribution < -0.4 is 10.6 Å². The van der Waals surface area contributed by atoms with Crippen molar-refractivity contribution in [2.75, 3.05) is 11.9 Å². The van der Waals surface area contributed by atoms with Gasteiger partial charge in [0.05, 0.1) is 6.10 Å². The monoisotopic (exact) mass is 250 g/mol. The Morgan fingerprint density at radius 3 is 2.33 bits per heavy atom. The van der Waals surface area contributed by atoms with Crippen LogP contribution in [0.5, 0.6) is 0 Å². The molecule has 0 aromatic heterocycles. The van der Waals surface area contributed by atoms with E-state index in [0.29, 0.717) is 5.69 Å². The average Bonchev–Trinajstić information content (AvgIpc) is 2.36. The molecule has 1 aromatic carbocycles. The lowest BCUT2D eigenvalue weighted by Gasteiger charge is -2.08. The minimum absolute atomic E-state index is 0.0566. The van der Waals surface area contributed by atoms with E-state index in [1.165, 1.54) is 6.92 Å². The number of nitrogens with one attached hydrogen (secondary N) is 2. The zero-order valence-corrected chi connectivity index (χ0v) is 10.6. The molecular weight excluding hydrogens is 232 g/mol. The van der Waals surface area contributed by atoms with Gasteiger partial charge in [-0.2, -0.15) is 0 Å². The number of benzene rings is 1. The molecule has 98 valence electrons. The summed E-state index contributed by atoms with van der Waals surface area (Å²) in [5, 5.41) is 13.8. The first-order valence-corrected chi connectivity index (χ1v) is 5.89. The van der Waals surface area contributed by atoms with Crippen molar-refractivity contribution >= 4 is 17.5 Å². The van der Waals surface area contributed by atoms with Crippen LogP contribution in [0.25, 0.3) is 0 Å². The highest BCUT2D eigenvalue weighted by Crippen LogP contribution is 2.09. The Morgan fingerprint density at radius 2 is 1.83 bits per heavy atom. The summed E-state index contributed by atoms with van der Waals surface area (Å²) < 4.78 is 0. The fourth-order valence-electron chi connectivity index (χ4n) is 1.33. The second kappa shape index (κ2) is 6.76. The van der Waals surface area contributed by atoms with E-state index in [-0.39, 0.29) is 6.54 Å². The van der Waals surface area contributed by atoms with Crippen LogP contribution in [0.4, 0.5) is 5.69 Å². The molecular formula is C13H18N2O3. The number of anilines is 1. The van der Waals surface area contributed by atoms with E-state index in [1.54, 1.807) is 12.1 Å². The van der Waals surface area contributed by atoms with Gasteiger partial charge in [-0.3, -0.25) is 9.59 Å². The molecule has 1 atom stereocenters. The van der Waals surface area contributed by atoms with Gasteiger partial charge in [0, 0.05) is 12.2 Å². The molecule has 18 heavy (non-hydrogen) atoms. The Morgan fingerprint density at radius 1 is 1.22 bits per heavy atom. The van der Waals surface area contributed by atoms with E-state index < -0.39 is 17.9 Å². The van der Waals surface area contributed by atoms with Crippen molar-refractivity contribution in [3.05, 3.63) is 29.8 Å². The quantitative estimate of drug-likeness (QED) is 0.688. The van der Waals surface area contributed by atoms with Crippen molar-refractivity contribution in [2.24, 2.45) is 0 Å². The van der Waals surface area contributed by atoms with Crippen LogP contribution >= 0.6 is 0 Å². The Bertz CT molecular complexity index is 413. The molecule has 0 bridgehead atoms. The van der Waals surface area contributed by atoms with Crippen molar-refractivity contribution in [1.82, 2.24) is 5.32 Å². The van der Waals surface area contributed by atoms with Gasteiger partial charge in [-0.05, 0) is 31.0 Å². The molecule has 0 spiro atoms. The first kappa shape index (κ1) is 14.2. The standard InChI is InChI=1S/C13H18N2O3/c1-3-10-4-6-11(7-5-10)15-13(18)12(17)14-8-9(2)16/h4-7,9,16H,3,8H2,1-2H3,(H,14,17)(H,15,18). The number of carbonyl (C=O) groups excluding carboxylic acids is 2. The van der Waals surface area contributed by atoms with E-state index in [1.807, 2.05) is 19.1 Å². The molecule has 0 aliphatic rings. The van der Waals surface area contributed by atoms with E-state index in [2.05, 4.69) is 10.6 Å². The van der Waals surface area contributed by atoms with E-state index >= 15 is 0 Å². The molecule has 0 aliphatic carbocycles. The van der Waals surface area contributed by atoms with Crippen molar-refractivity contribution < 1.29 is 14.7 Å². The third-order valence-electron chi connectivity index (χ3n) is 2.38. The highest BCUT2D eigenvalue weighted by atomic mass is 16.3. The summed E-state index contributed by atoms with van der Waals surface area (Å²) in [6.45, 7) is 3.62. The highest BCUT2D eigenvalue weighted by Gasteiger charge is 2.13. The third-order valence-corrected chi connectivity index (χ3v) is 2.38. The van der Waals surface area contributed by atoms with Crippen molar-refractivity contribution in [3.63, 3.8) is 0 Å². The smallest absolute Gasteiger partial charge is 0.313 e. The van der Waals surface area contributed by atoms with Crippen molar-refractivity contribution in [2.45, 2.75) is 26.4 Å². The van der Waals surface area contributed by atoms with Crippen LogP contribution in [0.1, 0.15) is 19.4 Å². The van der Waals surface area contributed by atoms with E-state index in [0.717, 1.165) is 12.0 Å². The van der Waals surface area contributed by atoms with Crippen molar-refractivity contribution in [3.8, 4) is 0 Å². The number of hydrogen-bond acceptors (Lipinski definition) is 3. The predicted molar refractivity (Wildman–Crippen MR) is 69.1 cm³/mol. The lowest BCUT2D eigenvalue weighted by atomic mass is 10.1. The lowest BCUT2D eigenvalue weighted by Crippen LogP contribution is -2.38. The number of aryl methyl sites for hydroxylation is 1. The van der Waals surface area contributed by atoms with Gasteiger partial charge in [0.15, 0.2) is 0 Å². The average molecular weight is 250 g/mol. The van der Waals surface area contributed by atoms with Crippen LogP contribution in [0.2, 0.25) is 0 Å². The Hall–Kier alpha value is -1.88. The van der Waals surface area contributed by atoms with Crippen LogP contribution in [-0.4, -0.2) is 29.6 Å². The molecule has 0 saturated carbocycles. The van der Waals surface area contributed by atoms with Gasteiger partial charge < -0.3 is 15.7 Å². The molecule has 2 amide bonds. The Balaban J connectivity index is 2.50. The van der Waals surface area contributed by atoms with Gasteiger partial charge in [-0.25, -0.2) is 0 Å². The largest absolute Gasteiger partial charge is 0.392 e. The minimum Gasteiger partial charge on any atom is -0.392 e. The first-order chi connectivity index (χ1) is 8.52. The summed E-state index contributed by atoms with van der Waals surface area (Å²) in [4.78, 5) is 22.8. The molecule has 3 N–H and O–H groups in total. The van der Waals surface area contributed by atoms with Crippen LogP contribution in [0.3, 0.4) is 0 Å². The van der Waals surface area contributed by atoms with Gasteiger partial charge in [0.2, 0.25) is 0 Å². The summed E-state index contributed by atoms with van der Waals surface area (Å²) in [5.41, 5.74) is 1.73. The number of aliphatic hydroxyl groups is 1. The molecule has 0 heterocycles. The third kappa shape index (κ3) is 4.55. The van der Waals surface area contributed by atoms with E-state index in [9.17, 15) is 9.59 Å². The Kier molecular flexibility index (Phi) is 5.32. The fourth-order valence-corrected chi connectivity index (χ4v) is 1.33. The fraction of sp³-hybridized carbons (Fsp3) is 0.385. The molecule has 0 fully saturated rings. The molecule has 0 saturated heterocycles. The first-order valence-electron chi connectivity index (χ1n) is 5.89. The number of amides is 2. The van der Waals surface area contributed by atoms with Crippen LogP contribution in [0, 0.1) is 0 Å². The molecule has 1 aromatic rings. The summed E-state index contributed by atoms with van der Waals surface area (Å²) in [6, 6.07) is 7.28. The highest BCUT2D eigenvalue weighted by molar-refractivity contribution is 6.39. The number of carbonyl (C=O) groups is 2. The number of hydrogen-bond donors (Lipinski definition) is 3. The maximum atomic E-state index is 11.5. The molecule has 0 aliphatic heterocycles. The zero-order valence-electron chi connectivity index (χ0n) is 10.6. The van der Waals surface area contributed by atoms with Crippen LogP contribution in [0.15, 0.2) is 24.3 Å². The topological polar surface area (TPSA) is 78.4 Å². The van der Waals surface area contributed by atoms with Gasteiger partial charge >= 0.3 is 11.8 Å². The summed E-state index contributed by atoms with van der Waals surface area (Å²) in [5.74, 6) is -1.49. The predicted octanol–water partition coefficient (Wildman–Crippen LogP) is 0.684. The molecule has 1 unspecified atom stereocenters. The normalized spacial score (nSPS) is 11.7. The Labute approximate surface area is 106 Å². The molecule has 5 nitrogen and oxygen atoms in total. The van der Waals surface area contributed by atoms with Crippen molar-refractivity contribution in [1.29, 1.82) is 0 Å². The minimum atomic E-state index is -0.754. The number of aliphatic hydroxyl groups excluding tert-OH is 1. The molecule has 5 heteroatoms. The van der Waals surface area contributed by atoms with E-state index in [4.69, 9.17) is 5.11 Å². The second-order valence-corrected chi connectivity index (χ2v) is 4.06.